The van der Waals surface area contributed by atoms with Crippen molar-refractivity contribution < 1.29 is 18.4 Å². The van der Waals surface area contributed by atoms with Crippen LogP contribution in [0.1, 0.15) is 57.0 Å². The molecule has 0 radical (unpaired) electrons. The van der Waals surface area contributed by atoms with Gasteiger partial charge in [0.05, 0.1) is 28.6 Å². The molecular formula is C29H26N4O4S. The van der Waals surface area contributed by atoms with Crippen LogP contribution in [0, 0.1) is 20.8 Å². The molecule has 1 aliphatic rings. The average Bonchev–Trinajstić information content (AvgIpc) is 3.58. The number of nitrogens with zero attached hydrogens (tertiary/aromatic N) is 2. The molecule has 9 heteroatoms. The molecule has 0 fully saturated rings. The molecule has 3 heterocycles. The lowest BCUT2D eigenvalue weighted by atomic mass is 9.93. The van der Waals surface area contributed by atoms with Crippen LogP contribution in [0.25, 0.3) is 21.2 Å². The number of aryl methyl sites for hydroxylation is 3. The number of para-hydroxylation sites is 1. The molecule has 1 aliphatic carbocycles. The van der Waals surface area contributed by atoms with Gasteiger partial charge in [-0.15, -0.1) is 0 Å². The number of hydrogen-bond donors (Lipinski definition) is 2. The van der Waals surface area contributed by atoms with Gasteiger partial charge >= 0.3 is 0 Å². The van der Waals surface area contributed by atoms with E-state index in [-0.39, 0.29) is 24.0 Å². The molecule has 0 spiro atoms. The van der Waals surface area contributed by atoms with Gasteiger partial charge in [-0.05, 0) is 62.9 Å². The van der Waals surface area contributed by atoms with Gasteiger partial charge in [-0.2, -0.15) is 5.10 Å². The Morgan fingerprint density at radius 3 is 2.82 bits per heavy atom. The predicted molar refractivity (Wildman–Crippen MR) is 148 cm³/mol. The maximum absolute atomic E-state index is 13.1. The van der Waals surface area contributed by atoms with E-state index in [1.54, 1.807) is 6.26 Å². The first-order valence-electron chi connectivity index (χ1n) is 12.5. The van der Waals surface area contributed by atoms with Gasteiger partial charge < -0.3 is 8.83 Å². The summed E-state index contributed by atoms with van der Waals surface area (Å²) in [7, 11) is 0. The van der Waals surface area contributed by atoms with Crippen LogP contribution in [0.15, 0.2) is 56.6 Å². The number of hydrogen-bond acceptors (Lipinski definition) is 7. The predicted octanol–water partition coefficient (Wildman–Crippen LogP) is 6.21. The van der Waals surface area contributed by atoms with Gasteiger partial charge in [0.15, 0.2) is 10.9 Å². The molecule has 0 saturated carbocycles. The number of furan rings is 2. The molecule has 0 saturated heterocycles. The zero-order valence-corrected chi connectivity index (χ0v) is 22.1. The summed E-state index contributed by atoms with van der Waals surface area (Å²) in [6.07, 6.45) is 4.00. The Morgan fingerprint density at radius 1 is 1.13 bits per heavy atom. The van der Waals surface area contributed by atoms with Gasteiger partial charge in [0.25, 0.3) is 5.91 Å². The molecule has 0 atom stereocenters. The van der Waals surface area contributed by atoms with Crippen LogP contribution in [0.3, 0.4) is 0 Å². The molecular weight excluding hydrogens is 500 g/mol. The summed E-state index contributed by atoms with van der Waals surface area (Å²) in [5, 5.41) is 8.80. The van der Waals surface area contributed by atoms with E-state index in [1.165, 1.54) is 11.3 Å². The Bertz CT molecular complexity index is 1720. The van der Waals surface area contributed by atoms with Crippen molar-refractivity contribution in [1.82, 2.24) is 10.4 Å². The van der Waals surface area contributed by atoms with Crippen molar-refractivity contribution in [2.45, 2.75) is 46.5 Å². The molecule has 3 aromatic heterocycles. The number of benzene rings is 2. The fourth-order valence-corrected chi connectivity index (χ4v) is 6.04. The number of carbonyl (C=O) groups excluding carboxylic acids is 2. The first kappa shape index (κ1) is 24.1. The summed E-state index contributed by atoms with van der Waals surface area (Å²) in [5.74, 6) is 0.368. The molecule has 192 valence electrons. The normalized spacial score (nSPS) is 14.2. The number of fused-ring (bicyclic) bond motifs is 3. The van der Waals surface area contributed by atoms with Gasteiger partial charge in [-0.25, -0.2) is 10.4 Å². The second kappa shape index (κ2) is 9.57. The lowest BCUT2D eigenvalue weighted by molar-refractivity contribution is -0.120. The SMILES string of the molecule is Cc1cc(C)c2c(CC(=O)N/N=C3\CCCc4oc(C(=O)Nc5nc6ccccc6s5)c(C)c43)coc2c1. The highest BCUT2D eigenvalue weighted by atomic mass is 32.1. The van der Waals surface area contributed by atoms with Gasteiger partial charge in [0, 0.05) is 28.5 Å². The number of rotatable bonds is 5. The molecule has 2 aromatic carbocycles. The Hall–Kier alpha value is -4.24. The summed E-state index contributed by atoms with van der Waals surface area (Å²) in [4.78, 5) is 30.4. The first-order chi connectivity index (χ1) is 18.4. The fraction of sp³-hybridized carbons (Fsp3) is 0.241. The van der Waals surface area contributed by atoms with Crippen LogP contribution in [0.4, 0.5) is 5.13 Å². The highest BCUT2D eigenvalue weighted by Crippen LogP contribution is 2.32. The zero-order chi connectivity index (χ0) is 26.4. The van der Waals surface area contributed by atoms with E-state index in [0.29, 0.717) is 35.0 Å². The van der Waals surface area contributed by atoms with Crippen molar-refractivity contribution >= 4 is 55.2 Å². The smallest absolute Gasteiger partial charge is 0.293 e. The third-order valence-corrected chi connectivity index (χ3v) is 7.76. The average molecular weight is 527 g/mol. The highest BCUT2D eigenvalue weighted by molar-refractivity contribution is 7.22. The topological polar surface area (TPSA) is 110 Å². The van der Waals surface area contributed by atoms with Gasteiger partial charge in [-0.3, -0.25) is 14.9 Å². The molecule has 2 N–H and O–H groups in total. The molecule has 2 amide bonds. The summed E-state index contributed by atoms with van der Waals surface area (Å²) in [6, 6.07) is 11.8. The van der Waals surface area contributed by atoms with Crippen LogP contribution in [0.5, 0.6) is 0 Å². The lowest BCUT2D eigenvalue weighted by Gasteiger charge is -2.13. The minimum Gasteiger partial charge on any atom is -0.464 e. The number of thiazole rings is 1. The van der Waals surface area contributed by atoms with Crippen molar-refractivity contribution in [3.63, 3.8) is 0 Å². The number of amides is 2. The Kier molecular flexibility index (Phi) is 6.07. The second-order valence-corrected chi connectivity index (χ2v) is 10.7. The number of hydrazone groups is 1. The molecule has 0 bridgehead atoms. The van der Waals surface area contributed by atoms with Crippen molar-refractivity contribution in [2.24, 2.45) is 5.10 Å². The Morgan fingerprint density at radius 2 is 1.97 bits per heavy atom. The monoisotopic (exact) mass is 526 g/mol. The van der Waals surface area contributed by atoms with E-state index in [2.05, 4.69) is 26.9 Å². The lowest BCUT2D eigenvalue weighted by Crippen LogP contribution is -2.23. The summed E-state index contributed by atoms with van der Waals surface area (Å²) < 4.78 is 12.7. The van der Waals surface area contributed by atoms with Crippen LogP contribution >= 0.6 is 11.3 Å². The van der Waals surface area contributed by atoms with Crippen molar-refractivity contribution in [3.8, 4) is 0 Å². The first-order valence-corrected chi connectivity index (χ1v) is 13.3. The van der Waals surface area contributed by atoms with Gasteiger partial charge in [0.1, 0.15) is 11.3 Å². The number of nitrogens with one attached hydrogen (secondary N) is 2. The standard InChI is InChI=1S/C29H26N4O4S/c1-15-11-16(2)25-18(14-36-22(25)12-15)13-24(34)33-32-20-8-6-9-21-26(20)17(3)27(37-21)28(35)31-29-30-19-7-4-5-10-23(19)38-29/h4-5,7,10-12,14H,6,8-9,13H2,1-3H3,(H,33,34)(H,30,31,35)/b32-20+. The van der Waals surface area contributed by atoms with E-state index in [0.717, 1.165) is 49.9 Å². The third-order valence-electron chi connectivity index (χ3n) is 6.81. The maximum Gasteiger partial charge on any atom is 0.293 e. The van der Waals surface area contributed by atoms with E-state index in [1.807, 2.05) is 51.1 Å². The fourth-order valence-electron chi connectivity index (χ4n) is 5.18. The van der Waals surface area contributed by atoms with Gasteiger partial charge in [0.2, 0.25) is 5.91 Å². The minimum atomic E-state index is -0.350. The molecule has 8 nitrogen and oxygen atoms in total. The summed E-state index contributed by atoms with van der Waals surface area (Å²) >= 11 is 1.41. The number of anilines is 1. The van der Waals surface area contributed by atoms with E-state index in [9.17, 15) is 9.59 Å². The molecule has 0 aliphatic heterocycles. The van der Waals surface area contributed by atoms with E-state index in [4.69, 9.17) is 8.83 Å². The summed E-state index contributed by atoms with van der Waals surface area (Å²) in [5.41, 5.74) is 9.55. The molecule has 0 unspecified atom stereocenters. The van der Waals surface area contributed by atoms with Crippen molar-refractivity contribution in [1.29, 1.82) is 0 Å². The van der Waals surface area contributed by atoms with Crippen LogP contribution in [-0.2, 0) is 17.6 Å². The summed E-state index contributed by atoms with van der Waals surface area (Å²) in [6.45, 7) is 5.88. The Labute approximate surface area is 222 Å². The molecule has 5 aromatic rings. The van der Waals surface area contributed by atoms with Crippen LogP contribution < -0.4 is 10.7 Å². The maximum atomic E-state index is 13.1. The number of aromatic nitrogens is 1. The third kappa shape index (κ3) is 4.39. The molecule has 6 rings (SSSR count). The van der Waals surface area contributed by atoms with E-state index < -0.39 is 0 Å². The highest BCUT2D eigenvalue weighted by Gasteiger charge is 2.28. The minimum absolute atomic E-state index is 0.154. The largest absolute Gasteiger partial charge is 0.464 e. The quantitative estimate of drug-likeness (QED) is 0.265. The van der Waals surface area contributed by atoms with Crippen LogP contribution in [-0.4, -0.2) is 22.5 Å². The second-order valence-electron chi connectivity index (χ2n) is 9.63. The van der Waals surface area contributed by atoms with Crippen molar-refractivity contribution in [3.05, 3.63) is 82.0 Å². The number of carbonyl (C=O) groups is 2. The van der Waals surface area contributed by atoms with Crippen LogP contribution in [0.2, 0.25) is 0 Å². The Balaban J connectivity index is 1.20. The van der Waals surface area contributed by atoms with Crippen molar-refractivity contribution in [2.75, 3.05) is 5.32 Å². The van der Waals surface area contributed by atoms with E-state index >= 15 is 0 Å². The zero-order valence-electron chi connectivity index (χ0n) is 21.3. The van der Waals surface area contributed by atoms with Gasteiger partial charge in [-0.1, -0.05) is 29.5 Å². The molecule has 38 heavy (non-hydrogen) atoms.